The molecule has 1 unspecified atom stereocenters. The number of rotatable bonds is 9. The minimum Gasteiger partial charge on any atom is -0.490 e. The lowest BCUT2D eigenvalue weighted by Crippen LogP contribution is -2.40. The van der Waals surface area contributed by atoms with Crippen molar-refractivity contribution in [3.63, 3.8) is 0 Å². The molecule has 2 fully saturated rings. The molecule has 1 aliphatic carbocycles. The highest BCUT2D eigenvalue weighted by Gasteiger charge is 2.26. The predicted octanol–water partition coefficient (Wildman–Crippen LogP) is 4.37. The number of likely N-dealkylation sites (tertiary alicyclic amines) is 1. The Morgan fingerprint density at radius 3 is 2.59 bits per heavy atom. The average molecular weight is 514 g/mol. The van der Waals surface area contributed by atoms with Crippen LogP contribution in [-0.4, -0.2) is 61.1 Å². The van der Waals surface area contributed by atoms with Crippen LogP contribution < -0.4 is 10.1 Å². The molecule has 0 bridgehead atoms. The van der Waals surface area contributed by atoms with Crippen molar-refractivity contribution in [2.75, 3.05) is 39.3 Å². The monoisotopic (exact) mass is 514 g/mol. The maximum absolute atomic E-state index is 6.18. The van der Waals surface area contributed by atoms with Crippen molar-refractivity contribution in [1.29, 1.82) is 0 Å². The topological polar surface area (TPSA) is 40.1 Å². The molecule has 1 heterocycles. The highest BCUT2D eigenvalue weighted by atomic mass is 127. The summed E-state index contributed by atoms with van der Waals surface area (Å²) in [5, 5.41) is 3.50. The molecular formula is C23H39IN4O. The van der Waals surface area contributed by atoms with Crippen molar-refractivity contribution in [1.82, 2.24) is 15.1 Å². The third kappa shape index (κ3) is 7.02. The Kier molecular flexibility index (Phi) is 10.6. The largest absolute Gasteiger partial charge is 0.490 e. The number of nitrogens with zero attached hydrogens (tertiary/aromatic N) is 3. The van der Waals surface area contributed by atoms with E-state index in [-0.39, 0.29) is 24.0 Å². The van der Waals surface area contributed by atoms with E-state index < -0.39 is 0 Å². The molecule has 1 aliphatic heterocycles. The second-order valence-electron chi connectivity index (χ2n) is 8.04. The molecule has 1 N–H and O–H groups in total. The number of ether oxygens (including phenoxy) is 1. The zero-order chi connectivity index (χ0) is 19.8. The quantitative estimate of drug-likeness (QED) is 0.302. The van der Waals surface area contributed by atoms with Crippen molar-refractivity contribution < 1.29 is 4.74 Å². The van der Waals surface area contributed by atoms with Crippen LogP contribution >= 0.6 is 24.0 Å². The number of para-hydroxylation sites is 1. The number of nitrogens with one attached hydrogen (secondary N) is 1. The van der Waals surface area contributed by atoms with Gasteiger partial charge in [0.2, 0.25) is 0 Å². The minimum atomic E-state index is 0. The summed E-state index contributed by atoms with van der Waals surface area (Å²) in [4.78, 5) is 9.94. The van der Waals surface area contributed by atoms with Gasteiger partial charge in [0.05, 0.1) is 12.6 Å². The van der Waals surface area contributed by atoms with Gasteiger partial charge in [0.1, 0.15) is 5.75 Å². The van der Waals surface area contributed by atoms with Gasteiger partial charge in [-0.05, 0) is 57.7 Å². The van der Waals surface area contributed by atoms with Gasteiger partial charge in [-0.25, -0.2) is 4.99 Å². The normalized spacial score (nSPS) is 19.8. The second-order valence-corrected chi connectivity index (χ2v) is 8.04. The van der Waals surface area contributed by atoms with E-state index in [1.807, 2.05) is 0 Å². The maximum Gasteiger partial charge on any atom is 0.194 e. The first-order valence-electron chi connectivity index (χ1n) is 11.2. The molecule has 29 heavy (non-hydrogen) atoms. The van der Waals surface area contributed by atoms with E-state index in [0.717, 1.165) is 50.4 Å². The van der Waals surface area contributed by atoms with Gasteiger partial charge in [0.25, 0.3) is 0 Å². The van der Waals surface area contributed by atoms with Crippen LogP contribution in [0, 0.1) is 5.92 Å². The predicted molar refractivity (Wildman–Crippen MR) is 132 cm³/mol. The number of aliphatic imine (C=N–C) groups is 1. The Labute approximate surface area is 194 Å². The Hall–Kier alpha value is -1.02. The summed E-state index contributed by atoms with van der Waals surface area (Å²) < 4.78 is 6.18. The van der Waals surface area contributed by atoms with Gasteiger partial charge in [-0.15, -0.1) is 24.0 Å². The molecule has 0 spiro atoms. The van der Waals surface area contributed by atoms with Gasteiger partial charge in [0.15, 0.2) is 5.96 Å². The summed E-state index contributed by atoms with van der Waals surface area (Å²) in [5.74, 6) is 2.79. The van der Waals surface area contributed by atoms with Crippen LogP contribution in [-0.2, 0) is 6.54 Å². The summed E-state index contributed by atoms with van der Waals surface area (Å²) in [5.41, 5.74) is 1.18. The van der Waals surface area contributed by atoms with Crippen molar-refractivity contribution >= 4 is 29.9 Å². The lowest BCUT2D eigenvalue weighted by molar-refractivity contribution is 0.119. The number of benzene rings is 1. The van der Waals surface area contributed by atoms with Crippen LogP contribution in [0.2, 0.25) is 0 Å². The van der Waals surface area contributed by atoms with Gasteiger partial charge in [-0.2, -0.15) is 0 Å². The van der Waals surface area contributed by atoms with Crippen LogP contribution in [0.1, 0.15) is 52.0 Å². The first-order chi connectivity index (χ1) is 13.7. The van der Waals surface area contributed by atoms with Gasteiger partial charge >= 0.3 is 0 Å². The van der Waals surface area contributed by atoms with E-state index in [2.05, 4.69) is 60.2 Å². The fourth-order valence-corrected chi connectivity index (χ4v) is 4.02. The third-order valence-corrected chi connectivity index (χ3v) is 6.05. The zero-order valence-electron chi connectivity index (χ0n) is 18.4. The van der Waals surface area contributed by atoms with E-state index in [4.69, 9.17) is 9.73 Å². The van der Waals surface area contributed by atoms with Crippen molar-refractivity contribution in [2.24, 2.45) is 10.9 Å². The summed E-state index contributed by atoms with van der Waals surface area (Å²) >= 11 is 0. The lowest BCUT2D eigenvalue weighted by atomic mass is 9.96. The van der Waals surface area contributed by atoms with Gasteiger partial charge in [-0.3, -0.25) is 0 Å². The van der Waals surface area contributed by atoms with E-state index in [9.17, 15) is 0 Å². The van der Waals surface area contributed by atoms with Crippen molar-refractivity contribution in [2.45, 2.75) is 59.1 Å². The van der Waals surface area contributed by atoms with Gasteiger partial charge in [0, 0.05) is 31.7 Å². The smallest absolute Gasteiger partial charge is 0.194 e. The average Bonchev–Trinajstić information content (AvgIpc) is 3.15. The molecule has 164 valence electrons. The molecule has 3 rings (SSSR count). The standard InChI is InChI=1S/C23H38N4O.HI/c1-4-24-23(27-15-14-19(18-27)17-26(5-2)6-3)25-16-20-10-7-8-13-22(20)28-21-11-9-12-21;/h7-8,10,13,19,21H,4-6,9,11-12,14-18H2,1-3H3,(H,24,25);1H. The van der Waals surface area contributed by atoms with Crippen LogP contribution in [0.25, 0.3) is 0 Å². The number of hydrogen-bond donors (Lipinski definition) is 1. The van der Waals surface area contributed by atoms with Gasteiger partial charge in [-0.1, -0.05) is 32.0 Å². The van der Waals surface area contributed by atoms with Crippen LogP contribution in [0.5, 0.6) is 5.75 Å². The molecule has 1 saturated carbocycles. The SMILES string of the molecule is CCNC(=NCc1ccccc1OC1CCC1)N1CCC(CN(CC)CC)C1.I. The number of halogens is 1. The Bertz CT molecular complexity index is 631. The molecule has 0 amide bonds. The fraction of sp³-hybridized carbons (Fsp3) is 0.696. The highest BCUT2D eigenvalue weighted by Crippen LogP contribution is 2.28. The van der Waals surface area contributed by atoms with Crippen molar-refractivity contribution in [3.8, 4) is 5.75 Å². The van der Waals surface area contributed by atoms with E-state index in [1.165, 1.54) is 37.8 Å². The third-order valence-electron chi connectivity index (χ3n) is 6.05. The minimum absolute atomic E-state index is 0. The molecular weight excluding hydrogens is 475 g/mol. The lowest BCUT2D eigenvalue weighted by Gasteiger charge is -2.27. The summed E-state index contributed by atoms with van der Waals surface area (Å²) in [7, 11) is 0. The van der Waals surface area contributed by atoms with Gasteiger partial charge < -0.3 is 19.9 Å². The molecule has 1 aromatic rings. The van der Waals surface area contributed by atoms with E-state index in [0.29, 0.717) is 12.6 Å². The van der Waals surface area contributed by atoms with Crippen LogP contribution in [0.15, 0.2) is 29.3 Å². The molecule has 2 aliphatic rings. The Balaban J connectivity index is 0.00000300. The number of hydrogen-bond acceptors (Lipinski definition) is 3. The number of guanidine groups is 1. The first kappa shape index (κ1) is 24.3. The first-order valence-corrected chi connectivity index (χ1v) is 11.2. The second kappa shape index (κ2) is 12.6. The molecule has 0 aromatic heterocycles. The fourth-order valence-electron chi connectivity index (χ4n) is 4.02. The Morgan fingerprint density at radius 2 is 1.93 bits per heavy atom. The molecule has 0 radical (unpaired) electrons. The molecule has 1 atom stereocenters. The van der Waals surface area contributed by atoms with Crippen LogP contribution in [0.3, 0.4) is 0 Å². The molecule has 1 saturated heterocycles. The van der Waals surface area contributed by atoms with E-state index >= 15 is 0 Å². The summed E-state index contributed by atoms with van der Waals surface area (Å²) in [6, 6.07) is 8.38. The highest BCUT2D eigenvalue weighted by molar-refractivity contribution is 14.0. The zero-order valence-corrected chi connectivity index (χ0v) is 20.7. The summed E-state index contributed by atoms with van der Waals surface area (Å²) in [6.45, 7) is 13.9. The van der Waals surface area contributed by atoms with E-state index in [1.54, 1.807) is 0 Å². The maximum atomic E-state index is 6.18. The Morgan fingerprint density at radius 1 is 1.17 bits per heavy atom. The van der Waals surface area contributed by atoms with Crippen LogP contribution in [0.4, 0.5) is 0 Å². The molecule has 5 nitrogen and oxygen atoms in total. The summed E-state index contributed by atoms with van der Waals surface area (Å²) in [6.07, 6.45) is 5.31. The molecule has 1 aromatic carbocycles. The van der Waals surface area contributed by atoms with Crippen molar-refractivity contribution in [3.05, 3.63) is 29.8 Å². The molecule has 6 heteroatoms.